The minimum Gasteiger partial charge on any atom is -0.460 e. The standard InChI is InChI=1S/C21H25NO6S/c1-5-18(23)26-12-21(3,13-27-19(24)11-15-10-14(15)2)22-20(25)28-16-6-8-17(29-4)9-7-16/h5-9,11,14H,1,10,12-13H2,2-4H3,(H,22,25)/b15-11+. The van der Waals surface area contributed by atoms with Gasteiger partial charge in [-0.25, -0.2) is 14.4 Å². The zero-order chi connectivity index (χ0) is 21.4. The first-order chi connectivity index (χ1) is 13.7. The molecule has 1 aromatic carbocycles. The van der Waals surface area contributed by atoms with Gasteiger partial charge < -0.3 is 19.5 Å². The Bertz CT molecular complexity index is 804. The number of amides is 1. The Labute approximate surface area is 174 Å². The largest absolute Gasteiger partial charge is 0.460 e. The lowest BCUT2D eigenvalue weighted by atomic mass is 10.1. The van der Waals surface area contributed by atoms with Crippen molar-refractivity contribution in [3.05, 3.63) is 48.6 Å². The van der Waals surface area contributed by atoms with Crippen LogP contribution in [0.25, 0.3) is 0 Å². The lowest BCUT2D eigenvalue weighted by Crippen LogP contribution is -2.54. The van der Waals surface area contributed by atoms with Crippen LogP contribution < -0.4 is 10.1 Å². The summed E-state index contributed by atoms with van der Waals surface area (Å²) in [5.41, 5.74) is -0.158. The Morgan fingerprint density at radius 2 is 1.79 bits per heavy atom. The van der Waals surface area contributed by atoms with Crippen LogP contribution in [0.2, 0.25) is 0 Å². The number of ether oxygens (including phenoxy) is 3. The number of carbonyl (C=O) groups excluding carboxylic acids is 3. The molecule has 156 valence electrons. The molecular weight excluding hydrogens is 394 g/mol. The second-order valence-corrected chi connectivity index (χ2v) is 7.87. The Hall–Kier alpha value is -2.74. The van der Waals surface area contributed by atoms with Gasteiger partial charge in [0.05, 0.1) is 0 Å². The fourth-order valence-corrected chi connectivity index (χ4v) is 2.75. The van der Waals surface area contributed by atoms with Crippen LogP contribution in [0.15, 0.2) is 53.5 Å². The van der Waals surface area contributed by atoms with E-state index in [1.54, 1.807) is 30.8 Å². The van der Waals surface area contributed by atoms with Crippen molar-refractivity contribution in [2.45, 2.75) is 30.7 Å². The topological polar surface area (TPSA) is 90.9 Å². The number of hydrogen-bond donors (Lipinski definition) is 1. The van der Waals surface area contributed by atoms with E-state index in [4.69, 9.17) is 14.2 Å². The number of nitrogens with one attached hydrogen (secondary N) is 1. The summed E-state index contributed by atoms with van der Waals surface area (Å²) in [4.78, 5) is 36.7. The van der Waals surface area contributed by atoms with Crippen molar-refractivity contribution in [3.63, 3.8) is 0 Å². The molecule has 2 rings (SSSR count). The third kappa shape index (κ3) is 7.65. The van der Waals surface area contributed by atoms with Crippen molar-refractivity contribution in [1.29, 1.82) is 0 Å². The first-order valence-corrected chi connectivity index (χ1v) is 10.3. The van der Waals surface area contributed by atoms with Gasteiger partial charge in [0.15, 0.2) is 0 Å². The molecule has 0 bridgehead atoms. The fraction of sp³-hybridized carbons (Fsp3) is 0.381. The van der Waals surface area contributed by atoms with Crippen LogP contribution in [0.3, 0.4) is 0 Å². The van der Waals surface area contributed by atoms with Gasteiger partial charge in [-0.15, -0.1) is 11.8 Å². The Balaban J connectivity index is 1.98. The number of esters is 2. The van der Waals surface area contributed by atoms with Gasteiger partial charge in [0.2, 0.25) is 0 Å². The van der Waals surface area contributed by atoms with Crippen molar-refractivity contribution < 1.29 is 28.6 Å². The van der Waals surface area contributed by atoms with Gasteiger partial charge in [-0.1, -0.05) is 19.1 Å². The highest BCUT2D eigenvalue weighted by Gasteiger charge is 2.32. The third-order valence-electron chi connectivity index (χ3n) is 4.22. The van der Waals surface area contributed by atoms with E-state index in [9.17, 15) is 14.4 Å². The summed E-state index contributed by atoms with van der Waals surface area (Å²) in [7, 11) is 0. The first-order valence-electron chi connectivity index (χ1n) is 9.05. The molecule has 8 heteroatoms. The smallest absolute Gasteiger partial charge is 0.413 e. The van der Waals surface area contributed by atoms with Crippen LogP contribution >= 0.6 is 11.8 Å². The highest BCUT2D eigenvalue weighted by atomic mass is 32.2. The number of thioether (sulfide) groups is 1. The molecule has 1 N–H and O–H groups in total. The average molecular weight is 419 g/mol. The minimum atomic E-state index is -1.18. The van der Waals surface area contributed by atoms with Crippen LogP contribution in [0.4, 0.5) is 4.79 Å². The van der Waals surface area contributed by atoms with Gasteiger partial charge in [-0.3, -0.25) is 0 Å². The van der Waals surface area contributed by atoms with Crippen LogP contribution in [0.1, 0.15) is 20.3 Å². The number of rotatable bonds is 9. The van der Waals surface area contributed by atoms with Gasteiger partial charge in [-0.2, -0.15) is 0 Å². The van der Waals surface area contributed by atoms with Gasteiger partial charge in [-0.05, 0) is 49.8 Å². The average Bonchev–Trinajstić information content (AvgIpc) is 3.39. The highest BCUT2D eigenvalue weighted by Crippen LogP contribution is 2.36. The van der Waals surface area contributed by atoms with E-state index >= 15 is 0 Å². The Morgan fingerprint density at radius 1 is 1.21 bits per heavy atom. The molecule has 0 aromatic heterocycles. The van der Waals surface area contributed by atoms with Crippen LogP contribution in [-0.4, -0.2) is 43.0 Å². The molecule has 1 aliphatic rings. The van der Waals surface area contributed by atoms with E-state index in [1.165, 1.54) is 6.08 Å². The van der Waals surface area contributed by atoms with Crippen LogP contribution in [0, 0.1) is 5.92 Å². The lowest BCUT2D eigenvalue weighted by Gasteiger charge is -2.28. The maximum Gasteiger partial charge on any atom is 0.413 e. The van der Waals surface area contributed by atoms with Crippen molar-refractivity contribution >= 4 is 29.8 Å². The van der Waals surface area contributed by atoms with E-state index in [2.05, 4.69) is 11.9 Å². The Morgan fingerprint density at radius 3 is 2.31 bits per heavy atom. The molecule has 7 nitrogen and oxygen atoms in total. The summed E-state index contributed by atoms with van der Waals surface area (Å²) < 4.78 is 15.6. The summed E-state index contributed by atoms with van der Waals surface area (Å²) in [5, 5.41) is 2.61. The van der Waals surface area contributed by atoms with Crippen molar-refractivity contribution in [2.24, 2.45) is 5.92 Å². The fourth-order valence-electron chi connectivity index (χ4n) is 2.35. The quantitative estimate of drug-likeness (QED) is 0.372. The zero-order valence-corrected chi connectivity index (χ0v) is 17.5. The van der Waals surface area contributed by atoms with Gasteiger partial charge in [0.1, 0.15) is 24.5 Å². The van der Waals surface area contributed by atoms with E-state index in [-0.39, 0.29) is 13.2 Å². The first kappa shape index (κ1) is 22.5. The van der Waals surface area contributed by atoms with E-state index in [0.717, 1.165) is 23.0 Å². The molecule has 2 unspecified atom stereocenters. The molecule has 0 heterocycles. The molecule has 0 spiro atoms. The van der Waals surface area contributed by atoms with E-state index in [0.29, 0.717) is 11.7 Å². The monoisotopic (exact) mass is 419 g/mol. The molecule has 0 saturated heterocycles. The predicted octanol–water partition coefficient (Wildman–Crippen LogP) is 3.49. The molecule has 1 aliphatic carbocycles. The number of allylic oxidation sites excluding steroid dienone is 1. The summed E-state index contributed by atoms with van der Waals surface area (Å²) in [6.07, 6.45) is 4.52. The van der Waals surface area contributed by atoms with Crippen molar-refractivity contribution in [1.82, 2.24) is 5.32 Å². The predicted molar refractivity (Wildman–Crippen MR) is 110 cm³/mol. The van der Waals surface area contributed by atoms with Gasteiger partial charge >= 0.3 is 18.0 Å². The maximum atomic E-state index is 12.3. The zero-order valence-electron chi connectivity index (χ0n) is 16.7. The molecule has 2 atom stereocenters. The number of carbonyl (C=O) groups is 3. The molecule has 0 aliphatic heterocycles. The molecular formula is C21H25NO6S. The molecule has 0 radical (unpaired) electrons. The third-order valence-corrected chi connectivity index (χ3v) is 4.97. The second kappa shape index (κ2) is 10.2. The minimum absolute atomic E-state index is 0.199. The Kier molecular flexibility index (Phi) is 7.90. The molecule has 29 heavy (non-hydrogen) atoms. The normalized spacial score (nSPS) is 18.3. The number of benzene rings is 1. The summed E-state index contributed by atoms with van der Waals surface area (Å²) in [6, 6.07) is 6.99. The van der Waals surface area contributed by atoms with Crippen molar-refractivity contribution in [2.75, 3.05) is 19.5 Å². The molecule has 1 aromatic rings. The summed E-state index contributed by atoms with van der Waals surface area (Å²) in [6.45, 7) is 6.51. The number of hydrogen-bond acceptors (Lipinski definition) is 7. The van der Waals surface area contributed by atoms with Gasteiger partial charge in [0.25, 0.3) is 0 Å². The van der Waals surface area contributed by atoms with E-state index in [1.807, 2.05) is 25.3 Å². The molecule has 1 fully saturated rings. The van der Waals surface area contributed by atoms with E-state index < -0.39 is 23.6 Å². The van der Waals surface area contributed by atoms with Crippen LogP contribution in [0.5, 0.6) is 5.75 Å². The van der Waals surface area contributed by atoms with Crippen LogP contribution in [-0.2, 0) is 19.1 Å². The maximum absolute atomic E-state index is 12.3. The SMILES string of the molecule is C=CC(=O)OCC(C)(COC(=O)/C=C1\CC1C)NC(=O)Oc1ccc(SC)cc1. The lowest BCUT2D eigenvalue weighted by molar-refractivity contribution is -0.144. The highest BCUT2D eigenvalue weighted by molar-refractivity contribution is 7.98. The summed E-state index contributed by atoms with van der Waals surface area (Å²) in [5.74, 6) is -0.406. The second-order valence-electron chi connectivity index (χ2n) is 6.99. The molecule has 1 saturated carbocycles. The summed E-state index contributed by atoms with van der Waals surface area (Å²) >= 11 is 1.57. The van der Waals surface area contributed by atoms with Gasteiger partial charge in [0, 0.05) is 17.0 Å². The molecule has 1 amide bonds. The van der Waals surface area contributed by atoms with Crippen molar-refractivity contribution in [3.8, 4) is 5.75 Å².